The summed E-state index contributed by atoms with van der Waals surface area (Å²) in [5, 5.41) is 0. The van der Waals surface area contributed by atoms with Gasteiger partial charge in [0.15, 0.2) is 0 Å². The highest BCUT2D eigenvalue weighted by Crippen LogP contribution is 2.40. The van der Waals surface area contributed by atoms with E-state index in [0.29, 0.717) is 12.3 Å². The first-order valence-electron chi connectivity index (χ1n) is 8.73. The predicted octanol–water partition coefficient (Wildman–Crippen LogP) is 3.34. The van der Waals surface area contributed by atoms with Crippen LogP contribution in [0.3, 0.4) is 0 Å². The van der Waals surface area contributed by atoms with Crippen molar-refractivity contribution in [1.29, 1.82) is 0 Å². The van der Waals surface area contributed by atoms with Crippen LogP contribution in [0.4, 0.5) is 5.69 Å². The molecule has 1 unspecified atom stereocenters. The number of hydrogen-bond donors (Lipinski definition) is 1. The molecule has 0 bridgehead atoms. The van der Waals surface area contributed by atoms with Gasteiger partial charge in [-0.25, -0.2) is 0 Å². The largest absolute Gasteiger partial charge is 0.490 e. The van der Waals surface area contributed by atoms with Crippen molar-refractivity contribution in [2.45, 2.75) is 51.4 Å². The number of rotatable bonds is 3. The fourth-order valence-corrected chi connectivity index (χ4v) is 3.03. The molecule has 0 radical (unpaired) electrons. The maximum atomic E-state index is 6.18. The molecule has 0 spiro atoms. The van der Waals surface area contributed by atoms with E-state index in [1.165, 1.54) is 0 Å². The quantitative estimate of drug-likeness (QED) is 0.520. The van der Waals surface area contributed by atoms with E-state index in [9.17, 15) is 0 Å². The van der Waals surface area contributed by atoms with Gasteiger partial charge in [-0.2, -0.15) is 0 Å². The molecule has 25 heavy (non-hydrogen) atoms. The lowest BCUT2D eigenvalue weighted by atomic mass is 9.74. The zero-order valence-electron chi connectivity index (χ0n) is 15.7. The highest BCUT2D eigenvalue weighted by atomic mass is 16.7. The van der Waals surface area contributed by atoms with Crippen molar-refractivity contribution in [3.8, 4) is 0 Å². The van der Waals surface area contributed by atoms with Crippen LogP contribution >= 0.6 is 0 Å². The molecule has 1 atom stereocenters. The molecule has 1 fully saturated rings. The summed E-state index contributed by atoms with van der Waals surface area (Å²) in [5.74, 6) is 0. The molecule has 2 heterocycles. The van der Waals surface area contributed by atoms with E-state index in [1.54, 1.807) is 13.3 Å². The standard InChI is InChI=1S/C19H27BN2O3/c1-18(2)19(3,4)25-20(24-18)15-8-9-23-17(11-15)13-6-7-16(21)14(10-13)12-22-5/h6-7,10-12,17H,8-9,21H2,1-5H3. The van der Waals surface area contributed by atoms with Crippen LogP contribution < -0.4 is 5.73 Å². The summed E-state index contributed by atoms with van der Waals surface area (Å²) in [6, 6.07) is 5.92. The van der Waals surface area contributed by atoms with E-state index in [0.717, 1.165) is 23.0 Å². The lowest BCUT2D eigenvalue weighted by molar-refractivity contribution is 0.00578. The van der Waals surface area contributed by atoms with E-state index in [1.807, 2.05) is 18.2 Å². The summed E-state index contributed by atoms with van der Waals surface area (Å²) in [5.41, 5.74) is 9.14. The number of benzene rings is 1. The Hall–Kier alpha value is -1.63. The second-order valence-corrected chi connectivity index (χ2v) is 7.65. The van der Waals surface area contributed by atoms with E-state index in [4.69, 9.17) is 19.8 Å². The van der Waals surface area contributed by atoms with Crippen molar-refractivity contribution in [3.63, 3.8) is 0 Å². The van der Waals surface area contributed by atoms with Gasteiger partial charge in [0.25, 0.3) is 0 Å². The predicted molar refractivity (Wildman–Crippen MR) is 102 cm³/mol. The molecule has 6 heteroatoms. The van der Waals surface area contributed by atoms with Gasteiger partial charge >= 0.3 is 7.12 Å². The molecule has 2 aliphatic rings. The zero-order valence-corrected chi connectivity index (χ0v) is 15.7. The van der Waals surface area contributed by atoms with Crippen LogP contribution in [0.1, 0.15) is 51.3 Å². The molecular weight excluding hydrogens is 315 g/mol. The Morgan fingerprint density at radius 3 is 2.52 bits per heavy atom. The first-order chi connectivity index (χ1) is 11.7. The Bertz CT molecular complexity index is 697. The van der Waals surface area contributed by atoms with Crippen LogP contribution in [-0.4, -0.2) is 38.2 Å². The molecular formula is C19H27BN2O3. The van der Waals surface area contributed by atoms with Crippen LogP contribution in [0.25, 0.3) is 0 Å². The van der Waals surface area contributed by atoms with Crippen molar-refractivity contribution in [3.05, 3.63) is 40.9 Å². The van der Waals surface area contributed by atoms with Crippen LogP contribution in [0, 0.1) is 0 Å². The minimum Gasteiger partial charge on any atom is -0.400 e. The fourth-order valence-electron chi connectivity index (χ4n) is 3.03. The summed E-state index contributed by atoms with van der Waals surface area (Å²) < 4.78 is 18.3. The third-order valence-electron chi connectivity index (χ3n) is 5.32. The lowest BCUT2D eigenvalue weighted by Gasteiger charge is -2.32. The summed E-state index contributed by atoms with van der Waals surface area (Å²) in [6.45, 7) is 8.92. The number of anilines is 1. The molecule has 1 aromatic carbocycles. The highest BCUT2D eigenvalue weighted by molar-refractivity contribution is 6.54. The number of hydrogen-bond acceptors (Lipinski definition) is 5. The molecule has 134 valence electrons. The average Bonchev–Trinajstić information content (AvgIpc) is 2.78. The van der Waals surface area contributed by atoms with E-state index < -0.39 is 0 Å². The maximum absolute atomic E-state index is 6.18. The topological polar surface area (TPSA) is 66.1 Å². The van der Waals surface area contributed by atoms with Gasteiger partial charge in [-0.05, 0) is 57.3 Å². The Balaban J connectivity index is 1.86. The normalized spacial score (nSPS) is 25.4. The van der Waals surface area contributed by atoms with Crippen molar-refractivity contribution in [2.75, 3.05) is 19.4 Å². The first kappa shape index (κ1) is 18.2. The van der Waals surface area contributed by atoms with Crippen LogP contribution in [-0.2, 0) is 14.0 Å². The Morgan fingerprint density at radius 1 is 1.20 bits per heavy atom. The van der Waals surface area contributed by atoms with Gasteiger partial charge in [-0.1, -0.05) is 12.1 Å². The van der Waals surface area contributed by atoms with Crippen molar-refractivity contribution < 1.29 is 14.0 Å². The van der Waals surface area contributed by atoms with Crippen LogP contribution in [0.15, 0.2) is 34.7 Å². The van der Waals surface area contributed by atoms with Crippen LogP contribution in [0.5, 0.6) is 0 Å². The Kier molecular flexibility index (Phi) is 4.79. The smallest absolute Gasteiger partial charge is 0.400 e. The second-order valence-electron chi connectivity index (χ2n) is 7.65. The fraction of sp³-hybridized carbons (Fsp3) is 0.526. The summed E-state index contributed by atoms with van der Waals surface area (Å²) in [4.78, 5) is 4.06. The van der Waals surface area contributed by atoms with Gasteiger partial charge in [0.05, 0.1) is 17.8 Å². The molecule has 5 nitrogen and oxygen atoms in total. The molecule has 0 amide bonds. The summed E-state index contributed by atoms with van der Waals surface area (Å²) >= 11 is 0. The van der Waals surface area contributed by atoms with Gasteiger partial charge < -0.3 is 19.8 Å². The number of ether oxygens (including phenoxy) is 1. The van der Waals surface area contributed by atoms with Gasteiger partial charge in [-0.3, -0.25) is 4.99 Å². The van der Waals surface area contributed by atoms with Gasteiger partial charge in [0, 0.05) is 24.5 Å². The maximum Gasteiger partial charge on any atom is 0.490 e. The molecule has 1 aromatic rings. The van der Waals surface area contributed by atoms with Crippen molar-refractivity contribution in [2.24, 2.45) is 4.99 Å². The summed E-state index contributed by atoms with van der Waals surface area (Å²) in [7, 11) is 1.42. The molecule has 0 saturated carbocycles. The van der Waals surface area contributed by atoms with Crippen LogP contribution in [0.2, 0.25) is 0 Å². The lowest BCUT2D eigenvalue weighted by Crippen LogP contribution is -2.41. The summed E-state index contributed by atoms with van der Waals surface area (Å²) in [6.07, 6.45) is 4.56. The van der Waals surface area contributed by atoms with Gasteiger partial charge in [0.1, 0.15) is 6.10 Å². The number of nitrogens with zero attached hydrogens (tertiary/aromatic N) is 1. The molecule has 1 saturated heterocycles. The zero-order chi connectivity index (χ0) is 18.2. The van der Waals surface area contributed by atoms with E-state index >= 15 is 0 Å². The minimum absolute atomic E-state index is 0.132. The molecule has 0 aliphatic carbocycles. The number of aliphatic imine (C=N–C) groups is 1. The Labute approximate surface area is 150 Å². The highest BCUT2D eigenvalue weighted by Gasteiger charge is 2.52. The SMILES string of the molecule is CN=Cc1cc(C2C=C(B3OC(C)(C)C(C)(C)O3)CCO2)ccc1N. The molecule has 2 aliphatic heterocycles. The average molecular weight is 342 g/mol. The van der Waals surface area contributed by atoms with E-state index in [2.05, 4.69) is 38.8 Å². The van der Waals surface area contributed by atoms with Crippen molar-refractivity contribution >= 4 is 19.0 Å². The Morgan fingerprint density at radius 2 is 1.88 bits per heavy atom. The second kappa shape index (κ2) is 6.59. The van der Waals surface area contributed by atoms with Gasteiger partial charge in [-0.15, -0.1) is 0 Å². The first-order valence-corrected chi connectivity index (χ1v) is 8.73. The number of nitrogen functional groups attached to an aromatic ring is 1. The molecule has 2 N–H and O–H groups in total. The van der Waals surface area contributed by atoms with Crippen molar-refractivity contribution in [1.82, 2.24) is 0 Å². The third-order valence-corrected chi connectivity index (χ3v) is 5.32. The molecule has 0 aromatic heterocycles. The van der Waals surface area contributed by atoms with E-state index in [-0.39, 0.29) is 24.4 Å². The molecule has 3 rings (SSSR count). The minimum atomic E-state index is -0.335. The monoisotopic (exact) mass is 342 g/mol. The van der Waals surface area contributed by atoms with Gasteiger partial charge in [0.2, 0.25) is 0 Å². The third kappa shape index (κ3) is 3.52. The number of nitrogens with two attached hydrogens (primary N) is 1.